The monoisotopic (exact) mass is 130 g/mol. The Labute approximate surface area is 53.3 Å². The largest absolute Gasteiger partial charge is 0.481 e. The van der Waals surface area contributed by atoms with E-state index < -0.39 is 17.5 Å². The van der Waals surface area contributed by atoms with Crippen molar-refractivity contribution < 1.29 is 15.0 Å². The molecule has 0 bridgehead atoms. The molecule has 0 saturated heterocycles. The number of carboxylic acid groups (broad SMARTS) is 1. The van der Waals surface area contributed by atoms with Gasteiger partial charge in [0.25, 0.3) is 0 Å². The third-order valence-corrected chi connectivity index (χ3v) is 1.96. The van der Waals surface area contributed by atoms with Crippen LogP contribution in [0.4, 0.5) is 0 Å². The van der Waals surface area contributed by atoms with E-state index in [1.54, 1.807) is 6.92 Å². The number of hydrogen-bond donors (Lipinski definition) is 2. The van der Waals surface area contributed by atoms with Gasteiger partial charge in [0.15, 0.2) is 0 Å². The minimum Gasteiger partial charge on any atom is -0.481 e. The van der Waals surface area contributed by atoms with Gasteiger partial charge < -0.3 is 10.2 Å². The molecule has 1 aliphatic carbocycles. The maximum atomic E-state index is 10.2. The fourth-order valence-electron chi connectivity index (χ4n) is 1.00. The summed E-state index contributed by atoms with van der Waals surface area (Å²) in [5.74, 6) is -1.37. The van der Waals surface area contributed by atoms with Gasteiger partial charge in [-0.25, -0.2) is 0 Å². The Morgan fingerprint density at radius 1 is 1.89 bits per heavy atom. The van der Waals surface area contributed by atoms with Gasteiger partial charge in [-0.1, -0.05) is 6.92 Å². The highest BCUT2D eigenvalue weighted by atomic mass is 16.4. The Balaban J connectivity index is 2.48. The van der Waals surface area contributed by atoms with Gasteiger partial charge in [0.05, 0.1) is 11.5 Å². The normalized spacial score (nSPS) is 40.4. The van der Waals surface area contributed by atoms with Crippen LogP contribution in [0.15, 0.2) is 0 Å². The molecule has 3 heteroatoms. The highest BCUT2D eigenvalue weighted by molar-refractivity contribution is 5.75. The van der Waals surface area contributed by atoms with Crippen molar-refractivity contribution >= 4 is 5.97 Å². The van der Waals surface area contributed by atoms with Gasteiger partial charge in [-0.2, -0.15) is 0 Å². The molecule has 1 rings (SSSR count). The zero-order chi connectivity index (χ0) is 7.07. The summed E-state index contributed by atoms with van der Waals surface area (Å²) in [5, 5.41) is 17.5. The molecule has 2 N–H and O–H groups in total. The first-order valence-electron chi connectivity index (χ1n) is 3.05. The summed E-state index contributed by atoms with van der Waals surface area (Å²) in [7, 11) is 0. The third kappa shape index (κ3) is 0.920. The first kappa shape index (κ1) is 6.55. The Bertz CT molecular complexity index is 143. The van der Waals surface area contributed by atoms with Crippen LogP contribution >= 0.6 is 0 Å². The van der Waals surface area contributed by atoms with Gasteiger partial charge in [0.2, 0.25) is 0 Å². The molecule has 1 aliphatic rings. The van der Waals surface area contributed by atoms with Crippen molar-refractivity contribution in [2.24, 2.45) is 5.92 Å². The van der Waals surface area contributed by atoms with Crippen molar-refractivity contribution in [1.82, 2.24) is 0 Å². The van der Waals surface area contributed by atoms with Crippen molar-refractivity contribution in [2.75, 3.05) is 0 Å². The topological polar surface area (TPSA) is 57.5 Å². The second-order valence-corrected chi connectivity index (χ2v) is 2.55. The second kappa shape index (κ2) is 1.70. The van der Waals surface area contributed by atoms with E-state index >= 15 is 0 Å². The van der Waals surface area contributed by atoms with Crippen molar-refractivity contribution in [3.63, 3.8) is 0 Å². The first-order chi connectivity index (χ1) is 4.10. The number of aliphatic hydroxyl groups is 1. The summed E-state index contributed by atoms with van der Waals surface area (Å²) < 4.78 is 0. The maximum absolute atomic E-state index is 10.2. The lowest BCUT2D eigenvalue weighted by Crippen LogP contribution is -2.14. The number of carbonyl (C=O) groups is 1. The molecule has 0 aliphatic heterocycles. The Morgan fingerprint density at radius 3 is 2.56 bits per heavy atom. The highest BCUT2D eigenvalue weighted by Gasteiger charge is 2.56. The predicted molar refractivity (Wildman–Crippen MR) is 31.0 cm³/mol. The van der Waals surface area contributed by atoms with Crippen LogP contribution in [0.5, 0.6) is 0 Å². The van der Waals surface area contributed by atoms with Gasteiger partial charge in [-0.05, 0) is 12.8 Å². The Kier molecular flexibility index (Phi) is 1.24. The van der Waals surface area contributed by atoms with Crippen LogP contribution in [0.2, 0.25) is 0 Å². The average molecular weight is 130 g/mol. The molecular weight excluding hydrogens is 120 g/mol. The van der Waals surface area contributed by atoms with E-state index in [1.165, 1.54) is 0 Å². The molecule has 52 valence electrons. The molecule has 0 aromatic rings. The van der Waals surface area contributed by atoms with Crippen LogP contribution in [0, 0.1) is 5.92 Å². The summed E-state index contributed by atoms with van der Waals surface area (Å²) in [4.78, 5) is 10.2. The molecular formula is C6H10O3. The smallest absolute Gasteiger partial charge is 0.309 e. The summed E-state index contributed by atoms with van der Waals surface area (Å²) in [6.45, 7) is 1.79. The van der Waals surface area contributed by atoms with E-state index in [1.807, 2.05) is 0 Å². The summed E-state index contributed by atoms with van der Waals surface area (Å²) in [5.41, 5.74) is -0.869. The fourth-order valence-corrected chi connectivity index (χ4v) is 1.00. The van der Waals surface area contributed by atoms with Gasteiger partial charge in [-0.15, -0.1) is 0 Å². The molecule has 1 saturated carbocycles. The minimum atomic E-state index is -0.876. The van der Waals surface area contributed by atoms with E-state index in [-0.39, 0.29) is 0 Å². The first-order valence-corrected chi connectivity index (χ1v) is 3.05. The van der Waals surface area contributed by atoms with Crippen molar-refractivity contribution in [3.05, 3.63) is 0 Å². The third-order valence-electron chi connectivity index (χ3n) is 1.96. The highest BCUT2D eigenvalue weighted by Crippen LogP contribution is 2.45. The summed E-state index contributed by atoms with van der Waals surface area (Å²) >= 11 is 0. The Hall–Kier alpha value is -0.570. The average Bonchev–Trinajstić information content (AvgIpc) is 2.44. The van der Waals surface area contributed by atoms with Crippen molar-refractivity contribution in [3.8, 4) is 0 Å². The van der Waals surface area contributed by atoms with E-state index in [2.05, 4.69) is 0 Å². The van der Waals surface area contributed by atoms with Crippen molar-refractivity contribution in [1.29, 1.82) is 0 Å². The minimum absolute atomic E-state index is 0.429. The lowest BCUT2D eigenvalue weighted by molar-refractivity contribution is -0.140. The Morgan fingerprint density at radius 2 is 2.44 bits per heavy atom. The predicted octanol–water partition coefficient (Wildman–Crippen LogP) is 0.232. The standard InChI is InChI=1S/C6H10O3/c1-2-6(9)3-4(6)5(7)8/h4,9H,2-3H2,1H3,(H,7,8). The van der Waals surface area contributed by atoms with Crippen molar-refractivity contribution in [2.45, 2.75) is 25.4 Å². The summed E-state index contributed by atoms with van der Waals surface area (Å²) in [6, 6.07) is 0. The zero-order valence-electron chi connectivity index (χ0n) is 5.29. The summed E-state index contributed by atoms with van der Waals surface area (Å²) in [6.07, 6.45) is 0.975. The molecule has 0 amide bonds. The van der Waals surface area contributed by atoms with Crippen LogP contribution in [-0.2, 0) is 4.79 Å². The lowest BCUT2D eigenvalue weighted by atomic mass is 10.2. The number of aliphatic carboxylic acids is 1. The molecule has 0 heterocycles. The van der Waals surface area contributed by atoms with Crippen LogP contribution < -0.4 is 0 Å². The van der Waals surface area contributed by atoms with E-state index in [4.69, 9.17) is 5.11 Å². The SMILES string of the molecule is CCC1(O)CC1C(=O)O. The van der Waals surface area contributed by atoms with Crippen LogP contribution in [0.3, 0.4) is 0 Å². The number of carboxylic acids is 1. The molecule has 3 nitrogen and oxygen atoms in total. The molecule has 2 unspecified atom stereocenters. The second-order valence-electron chi connectivity index (χ2n) is 2.55. The molecule has 9 heavy (non-hydrogen) atoms. The van der Waals surface area contributed by atoms with Gasteiger partial charge in [-0.3, -0.25) is 4.79 Å². The van der Waals surface area contributed by atoms with Gasteiger partial charge >= 0.3 is 5.97 Å². The molecule has 2 atom stereocenters. The van der Waals surface area contributed by atoms with Crippen LogP contribution in [-0.4, -0.2) is 21.8 Å². The molecule has 1 fully saturated rings. The zero-order valence-corrected chi connectivity index (χ0v) is 5.29. The molecule has 0 radical (unpaired) electrons. The van der Waals surface area contributed by atoms with Crippen LogP contribution in [0.1, 0.15) is 19.8 Å². The fraction of sp³-hybridized carbons (Fsp3) is 0.833. The molecule has 0 aromatic carbocycles. The molecule has 0 aromatic heterocycles. The van der Waals surface area contributed by atoms with E-state index in [0.29, 0.717) is 12.8 Å². The maximum Gasteiger partial charge on any atom is 0.309 e. The van der Waals surface area contributed by atoms with Gasteiger partial charge in [0, 0.05) is 0 Å². The van der Waals surface area contributed by atoms with E-state index in [0.717, 1.165) is 0 Å². The van der Waals surface area contributed by atoms with Crippen LogP contribution in [0.25, 0.3) is 0 Å². The lowest BCUT2D eigenvalue weighted by Gasteiger charge is -2.01. The molecule has 0 spiro atoms. The number of rotatable bonds is 2. The number of hydrogen-bond acceptors (Lipinski definition) is 2. The van der Waals surface area contributed by atoms with Gasteiger partial charge in [0.1, 0.15) is 0 Å². The van der Waals surface area contributed by atoms with E-state index in [9.17, 15) is 9.90 Å². The quantitative estimate of drug-likeness (QED) is 0.562.